The van der Waals surface area contributed by atoms with Gasteiger partial charge in [0.1, 0.15) is 12.1 Å². The van der Waals surface area contributed by atoms with Crippen LogP contribution in [-0.2, 0) is 16.0 Å². The molecule has 0 aliphatic heterocycles. The van der Waals surface area contributed by atoms with E-state index in [4.69, 9.17) is 19.4 Å². The number of aliphatic hydroxyl groups is 1. The van der Waals surface area contributed by atoms with E-state index < -0.39 is 56.0 Å². The van der Waals surface area contributed by atoms with Crippen LogP contribution < -0.4 is 11.1 Å². The number of amides is 1. The molecule has 0 saturated carbocycles. The Morgan fingerprint density at radius 2 is 2.05 bits per heavy atom. The molecule has 0 aliphatic rings. The van der Waals surface area contributed by atoms with Crippen molar-refractivity contribution in [1.82, 2.24) is 5.32 Å². The van der Waals surface area contributed by atoms with Crippen LogP contribution in [0.4, 0.5) is 0 Å². The van der Waals surface area contributed by atoms with Gasteiger partial charge in [0.05, 0.1) is 1.37 Å². The molecule has 0 aliphatic carbocycles. The van der Waals surface area contributed by atoms with Crippen LogP contribution in [0.25, 0.3) is 0 Å². The summed E-state index contributed by atoms with van der Waals surface area (Å²) < 4.78 is 76.1. The van der Waals surface area contributed by atoms with Crippen LogP contribution in [-0.4, -0.2) is 40.3 Å². The van der Waals surface area contributed by atoms with Crippen molar-refractivity contribution in [2.24, 2.45) is 11.6 Å². The predicted octanol–water partition coefficient (Wildman–Crippen LogP) is 0.533. The molecule has 0 bridgehead atoms. The van der Waals surface area contributed by atoms with Crippen LogP contribution in [0, 0.1) is 5.89 Å². The van der Waals surface area contributed by atoms with Gasteiger partial charge in [0.15, 0.2) is 0 Å². The van der Waals surface area contributed by atoms with Gasteiger partial charge in [0, 0.05) is 18.4 Å². The van der Waals surface area contributed by atoms with Crippen molar-refractivity contribution in [2.45, 2.75) is 44.7 Å². The largest absolute Gasteiger partial charge is 0.480 e. The van der Waals surface area contributed by atoms with Crippen LogP contribution in [0.15, 0.2) is 30.3 Å². The lowest BCUT2D eigenvalue weighted by atomic mass is 10.00. The summed E-state index contributed by atoms with van der Waals surface area (Å²) in [5, 5.41) is 21.0. The van der Waals surface area contributed by atoms with Crippen molar-refractivity contribution in [3.63, 3.8) is 0 Å². The first-order valence-electron chi connectivity index (χ1n) is 11.3. The molecule has 0 radical (unpaired) electrons. The van der Waals surface area contributed by atoms with Crippen molar-refractivity contribution in [3.05, 3.63) is 35.9 Å². The molecule has 6 heteroatoms. The number of aliphatic carboxylic acids is 1. The second-order valence-electron chi connectivity index (χ2n) is 4.47. The van der Waals surface area contributed by atoms with E-state index >= 15 is 0 Å². The third-order valence-electron chi connectivity index (χ3n) is 2.70. The van der Waals surface area contributed by atoms with Crippen LogP contribution in [0.2, 0.25) is 0 Å². The molecule has 1 aromatic carbocycles. The van der Waals surface area contributed by atoms with Crippen molar-refractivity contribution in [3.8, 4) is 0 Å². The first-order valence-corrected chi connectivity index (χ1v) is 6.27. The molecule has 3 atom stereocenters. The van der Waals surface area contributed by atoms with E-state index in [0.29, 0.717) is 5.56 Å². The van der Waals surface area contributed by atoms with E-state index in [1.165, 1.54) is 5.32 Å². The molecule has 0 heterocycles. The number of carbonyl (C=O) groups is 2. The SMILES string of the molecule is [2H]C([2H])([2H])C([2H])(C([2H])([2H])[2H])C([2H])([2H])[C@]([2H])(NC(=O)[C@@H](O)[C@H](N)Cc1ccccc1)C(=O)O. The fourth-order valence-corrected chi connectivity index (χ4v) is 1.65. The minimum Gasteiger partial charge on any atom is -0.480 e. The summed E-state index contributed by atoms with van der Waals surface area (Å²) in [4.78, 5) is 24.2. The maximum atomic E-state index is 12.4. The zero-order valence-electron chi connectivity index (χ0n) is 21.5. The second kappa shape index (κ2) is 8.51. The molecule has 1 aromatic rings. The zero-order chi connectivity index (χ0) is 25.3. The maximum Gasteiger partial charge on any atom is 0.326 e. The number of nitrogens with two attached hydrogens (primary N) is 1. The summed E-state index contributed by atoms with van der Waals surface area (Å²) in [6, 6.07) is 2.92. The van der Waals surface area contributed by atoms with E-state index in [2.05, 4.69) is 0 Å². The topological polar surface area (TPSA) is 113 Å². The number of aliphatic hydroxyl groups excluding tert-OH is 1. The van der Waals surface area contributed by atoms with Gasteiger partial charge in [-0.1, -0.05) is 44.0 Å². The minimum absolute atomic E-state index is 0.0761. The third-order valence-corrected chi connectivity index (χ3v) is 2.70. The highest BCUT2D eigenvalue weighted by Gasteiger charge is 2.28. The van der Waals surface area contributed by atoms with Crippen molar-refractivity contribution in [1.29, 1.82) is 0 Å². The molecule has 6 nitrogen and oxygen atoms in total. The molecule has 22 heavy (non-hydrogen) atoms. The molecule has 0 aromatic heterocycles. The quantitative estimate of drug-likeness (QED) is 0.558. The van der Waals surface area contributed by atoms with Gasteiger partial charge in [-0.3, -0.25) is 4.79 Å². The van der Waals surface area contributed by atoms with Crippen molar-refractivity contribution in [2.75, 3.05) is 0 Å². The predicted molar refractivity (Wildman–Crippen MR) is 83.1 cm³/mol. The van der Waals surface area contributed by atoms with Gasteiger partial charge >= 0.3 is 5.97 Å². The lowest BCUT2D eigenvalue weighted by Crippen LogP contribution is -2.52. The Kier molecular flexibility index (Phi) is 3.12. The van der Waals surface area contributed by atoms with Crippen LogP contribution in [0.1, 0.15) is 39.3 Å². The minimum atomic E-state index is -4.21. The van der Waals surface area contributed by atoms with E-state index in [1.807, 2.05) is 0 Å². The monoisotopic (exact) mass is 318 g/mol. The molecule has 0 unspecified atom stereocenters. The lowest BCUT2D eigenvalue weighted by molar-refractivity contribution is -0.144. The number of hydrogen-bond acceptors (Lipinski definition) is 4. The average Bonchev–Trinajstić information content (AvgIpc) is 2.64. The fourth-order valence-electron chi connectivity index (χ4n) is 1.65. The molecular formula is C16H24N2O4. The number of hydrogen-bond donors (Lipinski definition) is 4. The van der Waals surface area contributed by atoms with Gasteiger partial charge in [-0.2, -0.15) is 0 Å². The number of carbonyl (C=O) groups excluding carboxylic acids is 1. The summed E-state index contributed by atoms with van der Waals surface area (Å²) in [7, 11) is 0. The summed E-state index contributed by atoms with van der Waals surface area (Å²) in [6.07, 6.45) is -6.45. The highest BCUT2D eigenvalue weighted by Crippen LogP contribution is 2.08. The Morgan fingerprint density at radius 1 is 1.41 bits per heavy atom. The highest BCUT2D eigenvalue weighted by atomic mass is 16.4. The van der Waals surface area contributed by atoms with Gasteiger partial charge in [0.25, 0.3) is 5.91 Å². The fraction of sp³-hybridized carbons (Fsp3) is 0.500. The first kappa shape index (κ1) is 8.08. The van der Waals surface area contributed by atoms with Crippen LogP contribution >= 0.6 is 0 Å². The van der Waals surface area contributed by atoms with E-state index in [9.17, 15) is 19.8 Å². The second-order valence-corrected chi connectivity index (χ2v) is 4.47. The Balaban J connectivity index is 3.35. The zero-order valence-corrected chi connectivity index (χ0v) is 11.5. The Bertz CT molecular complexity index is 816. The lowest BCUT2D eigenvalue weighted by Gasteiger charge is -2.22. The number of carboxylic acid groups (broad SMARTS) is 1. The van der Waals surface area contributed by atoms with Crippen molar-refractivity contribution >= 4 is 11.9 Å². The average molecular weight is 318 g/mol. The molecule has 0 spiro atoms. The Morgan fingerprint density at radius 3 is 2.59 bits per heavy atom. The van der Waals surface area contributed by atoms with E-state index in [-0.39, 0.29) is 6.42 Å². The number of benzene rings is 1. The molecular weight excluding hydrogens is 284 g/mol. The van der Waals surface area contributed by atoms with E-state index in [1.54, 1.807) is 30.3 Å². The highest BCUT2D eigenvalue weighted by molar-refractivity contribution is 5.86. The van der Waals surface area contributed by atoms with Gasteiger partial charge in [-0.25, -0.2) is 4.79 Å². The molecule has 0 fully saturated rings. The summed E-state index contributed by atoms with van der Waals surface area (Å²) >= 11 is 0. The van der Waals surface area contributed by atoms with Gasteiger partial charge in [-0.05, 0) is 24.3 Å². The first-order chi connectivity index (χ1) is 14.2. The smallest absolute Gasteiger partial charge is 0.326 e. The Hall–Kier alpha value is -1.92. The maximum absolute atomic E-state index is 12.4. The van der Waals surface area contributed by atoms with Crippen LogP contribution in [0.5, 0.6) is 0 Å². The number of nitrogens with one attached hydrogen (secondary N) is 1. The van der Waals surface area contributed by atoms with E-state index in [0.717, 1.165) is 0 Å². The molecule has 122 valence electrons. The number of carboxylic acids is 1. The molecule has 0 saturated heterocycles. The Labute approximate surface area is 144 Å². The summed E-state index contributed by atoms with van der Waals surface area (Å²) in [6.45, 7) is -7.87. The molecule has 1 amide bonds. The van der Waals surface area contributed by atoms with Gasteiger partial charge in [0.2, 0.25) is 0 Å². The van der Waals surface area contributed by atoms with Crippen LogP contribution in [0.3, 0.4) is 0 Å². The normalized spacial score (nSPS) is 25.5. The van der Waals surface area contributed by atoms with Crippen molar-refractivity contribution < 1.29 is 33.5 Å². The van der Waals surface area contributed by atoms with Gasteiger partial charge < -0.3 is 21.3 Å². The summed E-state index contributed by atoms with van der Waals surface area (Å²) in [5.41, 5.74) is 6.34. The summed E-state index contributed by atoms with van der Waals surface area (Å²) in [5.74, 6) is -8.28. The third kappa shape index (κ3) is 5.83. The molecule has 5 N–H and O–H groups in total. The molecule has 1 rings (SSSR count). The van der Waals surface area contributed by atoms with Gasteiger partial charge in [-0.15, -0.1) is 0 Å². The number of rotatable bonds is 8. The standard InChI is InChI=1S/C16H24N2O4/c1-10(2)8-13(16(21)22)18-15(20)14(19)12(17)9-11-6-4-3-5-7-11/h3-7,10,12-14,19H,8-9,17H2,1-2H3,(H,18,20)(H,21,22)/t12-,13+,14+/m1/s1/i1D3,2D3,8D2,10D,13D.